The van der Waals surface area contributed by atoms with Crippen molar-refractivity contribution in [3.8, 4) is 0 Å². The van der Waals surface area contributed by atoms with Crippen LogP contribution in [0.1, 0.15) is 54.9 Å². The van der Waals surface area contributed by atoms with Crippen molar-refractivity contribution in [1.82, 2.24) is 4.90 Å². The van der Waals surface area contributed by atoms with Crippen LogP contribution in [0.4, 0.5) is 0 Å². The van der Waals surface area contributed by atoms with E-state index >= 15 is 0 Å². The normalized spacial score (nSPS) is 12.8. The summed E-state index contributed by atoms with van der Waals surface area (Å²) in [7, 11) is 0. The smallest absolute Gasteiger partial charge is 0.227 e. The molecule has 1 amide bonds. The molecule has 0 saturated heterocycles. The molecular weight excluding hydrogens is 174 g/mol. The van der Waals surface area contributed by atoms with Gasteiger partial charge in [-0.25, -0.2) is 0 Å². The first kappa shape index (κ1) is 13.5. The summed E-state index contributed by atoms with van der Waals surface area (Å²) in [6.07, 6.45) is 2.54. The first-order valence-electron chi connectivity index (χ1n) is 5.28. The number of hydrogen-bond acceptors (Lipinski definition) is 1. The van der Waals surface area contributed by atoms with Crippen molar-refractivity contribution < 1.29 is 4.79 Å². The molecule has 2 heteroatoms. The first-order chi connectivity index (χ1) is 6.10. The van der Waals surface area contributed by atoms with Crippen molar-refractivity contribution in [3.05, 3.63) is 6.42 Å². The van der Waals surface area contributed by atoms with Gasteiger partial charge in [-0.15, -0.1) is 0 Å². The van der Waals surface area contributed by atoms with Crippen LogP contribution in [-0.2, 0) is 4.79 Å². The molecule has 83 valence electrons. The monoisotopic (exact) mass is 198 g/mol. The highest BCUT2D eigenvalue weighted by molar-refractivity contribution is 5.85. The largest absolute Gasteiger partial charge is 0.333 e. The van der Waals surface area contributed by atoms with Gasteiger partial charge in [0.25, 0.3) is 0 Å². The van der Waals surface area contributed by atoms with Gasteiger partial charge >= 0.3 is 0 Å². The molecule has 0 atom stereocenters. The number of carbonyl (C=O) groups excluding carboxylic acids is 1. The minimum atomic E-state index is -0.124. The van der Waals surface area contributed by atoms with E-state index in [1.807, 2.05) is 11.8 Å². The summed E-state index contributed by atoms with van der Waals surface area (Å²) in [5, 5.41) is 0. The predicted molar refractivity (Wildman–Crippen MR) is 60.9 cm³/mol. The molecule has 0 aliphatic carbocycles. The van der Waals surface area contributed by atoms with Crippen LogP contribution in [0, 0.1) is 6.42 Å². The van der Waals surface area contributed by atoms with E-state index in [4.69, 9.17) is 0 Å². The fourth-order valence-electron chi connectivity index (χ4n) is 1.93. The van der Waals surface area contributed by atoms with Crippen molar-refractivity contribution in [2.24, 2.45) is 0 Å². The maximum atomic E-state index is 11.9. The summed E-state index contributed by atoms with van der Waals surface area (Å²) >= 11 is 0. The fraction of sp³-hybridized carbons (Fsp3) is 0.833. The molecule has 0 aliphatic heterocycles. The third-order valence-corrected chi connectivity index (χ3v) is 1.94. The zero-order valence-electron chi connectivity index (χ0n) is 10.6. The number of amides is 1. The van der Waals surface area contributed by atoms with Crippen LogP contribution in [0.15, 0.2) is 0 Å². The maximum absolute atomic E-state index is 11.9. The lowest BCUT2D eigenvalue weighted by Crippen LogP contribution is -2.55. The molecule has 14 heavy (non-hydrogen) atoms. The van der Waals surface area contributed by atoms with Gasteiger partial charge in [0, 0.05) is 17.5 Å². The molecule has 0 aliphatic rings. The Hall–Kier alpha value is -0.530. The Morgan fingerprint density at radius 1 is 1.07 bits per heavy atom. The van der Waals surface area contributed by atoms with E-state index in [0.717, 1.165) is 6.42 Å². The summed E-state index contributed by atoms with van der Waals surface area (Å²) in [6.45, 7) is 14.4. The second-order valence-corrected chi connectivity index (χ2v) is 5.63. The molecule has 0 aromatic carbocycles. The number of nitrogens with zero attached hydrogens (tertiary/aromatic N) is 1. The lowest BCUT2D eigenvalue weighted by atomic mass is 9.95. The van der Waals surface area contributed by atoms with E-state index in [1.54, 1.807) is 6.42 Å². The van der Waals surface area contributed by atoms with Crippen molar-refractivity contribution in [2.45, 2.75) is 66.0 Å². The van der Waals surface area contributed by atoms with Crippen LogP contribution in [0.5, 0.6) is 0 Å². The Balaban J connectivity index is 4.84. The lowest BCUT2D eigenvalue weighted by molar-refractivity contribution is -0.138. The summed E-state index contributed by atoms with van der Waals surface area (Å²) in [6, 6.07) is 0. The Morgan fingerprint density at radius 3 is 1.64 bits per heavy atom. The maximum Gasteiger partial charge on any atom is 0.227 e. The minimum absolute atomic E-state index is 0.124. The zero-order valence-corrected chi connectivity index (χ0v) is 10.6. The van der Waals surface area contributed by atoms with Crippen molar-refractivity contribution in [1.29, 1.82) is 0 Å². The fourth-order valence-corrected chi connectivity index (χ4v) is 1.93. The first-order valence-corrected chi connectivity index (χ1v) is 5.28. The SMILES string of the molecule is CC[CH]C(=O)N(C(C)(C)C)C(C)(C)C. The van der Waals surface area contributed by atoms with Gasteiger partial charge in [-0.05, 0) is 48.0 Å². The second kappa shape index (κ2) is 4.33. The van der Waals surface area contributed by atoms with E-state index in [-0.39, 0.29) is 17.0 Å². The molecule has 0 unspecified atom stereocenters. The molecule has 0 aromatic heterocycles. The summed E-state index contributed by atoms with van der Waals surface area (Å²) in [5.74, 6) is 0.132. The molecule has 0 aromatic rings. The average molecular weight is 198 g/mol. The van der Waals surface area contributed by atoms with Crippen LogP contribution in [0.25, 0.3) is 0 Å². The molecule has 0 saturated carbocycles. The molecule has 2 nitrogen and oxygen atoms in total. The van der Waals surface area contributed by atoms with Crippen molar-refractivity contribution in [3.63, 3.8) is 0 Å². The van der Waals surface area contributed by atoms with Gasteiger partial charge in [-0.2, -0.15) is 0 Å². The quantitative estimate of drug-likeness (QED) is 0.668. The van der Waals surface area contributed by atoms with E-state index in [9.17, 15) is 4.79 Å². The van der Waals surface area contributed by atoms with Crippen LogP contribution < -0.4 is 0 Å². The van der Waals surface area contributed by atoms with Gasteiger partial charge in [0.1, 0.15) is 0 Å². The Morgan fingerprint density at radius 2 is 1.43 bits per heavy atom. The zero-order chi connectivity index (χ0) is 11.6. The lowest BCUT2D eigenvalue weighted by Gasteiger charge is -2.45. The van der Waals surface area contributed by atoms with E-state index in [1.165, 1.54) is 0 Å². The topological polar surface area (TPSA) is 20.3 Å². The summed E-state index contributed by atoms with van der Waals surface area (Å²) < 4.78 is 0. The Labute approximate surface area is 88.7 Å². The highest BCUT2D eigenvalue weighted by Gasteiger charge is 2.34. The van der Waals surface area contributed by atoms with Crippen LogP contribution >= 0.6 is 0 Å². The van der Waals surface area contributed by atoms with Crippen molar-refractivity contribution in [2.75, 3.05) is 0 Å². The van der Waals surface area contributed by atoms with E-state index < -0.39 is 0 Å². The second-order valence-electron chi connectivity index (χ2n) is 5.63. The summed E-state index contributed by atoms with van der Waals surface area (Å²) in [5.41, 5.74) is -0.248. The standard InChI is InChI=1S/C12H24NO/c1-8-9-10(14)13(11(2,3)4)12(5,6)7/h9H,8H2,1-7H3. The third kappa shape index (κ3) is 3.69. The van der Waals surface area contributed by atoms with Gasteiger partial charge < -0.3 is 4.90 Å². The molecule has 0 N–H and O–H groups in total. The van der Waals surface area contributed by atoms with Gasteiger partial charge in [-0.1, -0.05) is 6.92 Å². The van der Waals surface area contributed by atoms with Crippen LogP contribution in [0.2, 0.25) is 0 Å². The highest BCUT2D eigenvalue weighted by Crippen LogP contribution is 2.25. The number of hydrogen-bond donors (Lipinski definition) is 0. The Kier molecular flexibility index (Phi) is 4.16. The third-order valence-electron chi connectivity index (χ3n) is 1.94. The van der Waals surface area contributed by atoms with Gasteiger partial charge in [-0.3, -0.25) is 4.79 Å². The molecule has 0 spiro atoms. The molecule has 0 bridgehead atoms. The van der Waals surface area contributed by atoms with E-state index in [0.29, 0.717) is 0 Å². The molecule has 0 heterocycles. The molecule has 0 fully saturated rings. The Bertz CT molecular complexity index is 181. The molecule has 0 rings (SSSR count). The van der Waals surface area contributed by atoms with E-state index in [2.05, 4.69) is 41.5 Å². The van der Waals surface area contributed by atoms with Crippen LogP contribution in [0.3, 0.4) is 0 Å². The average Bonchev–Trinajstić information content (AvgIpc) is 1.78. The summed E-state index contributed by atoms with van der Waals surface area (Å²) in [4.78, 5) is 13.8. The minimum Gasteiger partial charge on any atom is -0.333 e. The van der Waals surface area contributed by atoms with Gasteiger partial charge in [0.2, 0.25) is 5.91 Å². The van der Waals surface area contributed by atoms with Gasteiger partial charge in [0.15, 0.2) is 0 Å². The highest BCUT2D eigenvalue weighted by atomic mass is 16.2. The van der Waals surface area contributed by atoms with Crippen molar-refractivity contribution >= 4 is 5.91 Å². The molecule has 1 radical (unpaired) electrons. The number of rotatable bonds is 2. The predicted octanol–water partition coefficient (Wildman–Crippen LogP) is 3.03. The van der Waals surface area contributed by atoms with Crippen LogP contribution in [-0.4, -0.2) is 21.9 Å². The molecular formula is C12H24NO. The van der Waals surface area contributed by atoms with Gasteiger partial charge in [0.05, 0.1) is 0 Å². The number of carbonyl (C=O) groups is 1.